The fourth-order valence-electron chi connectivity index (χ4n) is 2.40. The van der Waals surface area contributed by atoms with E-state index < -0.39 is 11.5 Å². The average molecular weight is 336 g/mol. The van der Waals surface area contributed by atoms with Crippen LogP contribution in [0, 0.1) is 0 Å². The number of aromatic nitrogens is 2. The number of para-hydroxylation sites is 1. The van der Waals surface area contributed by atoms with E-state index in [1.54, 1.807) is 12.1 Å². The van der Waals surface area contributed by atoms with Gasteiger partial charge >= 0.3 is 5.97 Å². The number of nitrogens with one attached hydrogen (secondary N) is 1. The molecule has 0 bridgehead atoms. The summed E-state index contributed by atoms with van der Waals surface area (Å²) in [5.41, 5.74) is 0.584. The SMILES string of the molecule is O=C(OCc1cc(-c2cc3ccccc3o2)on1)c1ccc[nH]c1=O. The number of carbonyl (C=O) groups excluding carboxylic acids is 1. The molecule has 0 aliphatic heterocycles. The second kappa shape index (κ2) is 6.12. The molecule has 0 radical (unpaired) electrons. The maximum Gasteiger partial charge on any atom is 0.344 e. The van der Waals surface area contributed by atoms with Crippen molar-refractivity contribution in [2.75, 3.05) is 0 Å². The van der Waals surface area contributed by atoms with Crippen LogP contribution < -0.4 is 5.56 Å². The summed E-state index contributed by atoms with van der Waals surface area (Å²) in [6, 6.07) is 14.0. The largest absolute Gasteiger partial charge is 0.455 e. The molecule has 1 N–H and O–H groups in total. The zero-order valence-corrected chi connectivity index (χ0v) is 12.9. The van der Waals surface area contributed by atoms with Crippen LogP contribution in [0.25, 0.3) is 22.5 Å². The molecule has 0 fully saturated rings. The number of nitrogens with zero attached hydrogens (tertiary/aromatic N) is 1. The van der Waals surface area contributed by atoms with Gasteiger partial charge in [-0.25, -0.2) is 4.79 Å². The van der Waals surface area contributed by atoms with E-state index in [1.165, 1.54) is 12.3 Å². The standard InChI is InChI=1S/C18H12N2O5/c21-17-13(5-3-7-19-17)18(22)23-10-12-9-16(25-20-12)15-8-11-4-1-2-6-14(11)24-15/h1-9H,10H2,(H,19,21). The lowest BCUT2D eigenvalue weighted by Crippen LogP contribution is -2.18. The summed E-state index contributed by atoms with van der Waals surface area (Å²) in [6.07, 6.45) is 1.44. The summed E-state index contributed by atoms with van der Waals surface area (Å²) in [7, 11) is 0. The Morgan fingerprint density at radius 1 is 1.12 bits per heavy atom. The van der Waals surface area contributed by atoms with Crippen molar-refractivity contribution in [3.8, 4) is 11.5 Å². The van der Waals surface area contributed by atoms with Crippen molar-refractivity contribution in [1.82, 2.24) is 10.1 Å². The highest BCUT2D eigenvalue weighted by Crippen LogP contribution is 2.28. The van der Waals surface area contributed by atoms with Crippen molar-refractivity contribution in [1.29, 1.82) is 0 Å². The third-order valence-corrected chi connectivity index (χ3v) is 3.62. The van der Waals surface area contributed by atoms with E-state index in [9.17, 15) is 9.59 Å². The highest BCUT2D eigenvalue weighted by atomic mass is 16.5. The molecule has 4 rings (SSSR count). The van der Waals surface area contributed by atoms with Crippen molar-refractivity contribution < 1.29 is 18.5 Å². The maximum absolute atomic E-state index is 11.9. The van der Waals surface area contributed by atoms with Crippen LogP contribution in [-0.4, -0.2) is 16.1 Å². The predicted octanol–water partition coefficient (Wildman–Crippen LogP) is 3.13. The van der Waals surface area contributed by atoms with Crippen LogP contribution >= 0.6 is 0 Å². The van der Waals surface area contributed by atoms with Crippen LogP contribution in [0.15, 0.2) is 68.5 Å². The molecule has 0 saturated carbocycles. The molecule has 25 heavy (non-hydrogen) atoms. The normalized spacial score (nSPS) is 10.9. The highest BCUT2D eigenvalue weighted by molar-refractivity contribution is 5.88. The number of H-pyrrole nitrogens is 1. The van der Waals surface area contributed by atoms with E-state index in [-0.39, 0.29) is 12.2 Å². The number of aromatic amines is 1. The molecule has 3 aromatic heterocycles. The number of rotatable bonds is 4. The zero-order valence-electron chi connectivity index (χ0n) is 12.9. The third kappa shape index (κ3) is 2.94. The molecule has 7 heteroatoms. The van der Waals surface area contributed by atoms with Crippen LogP contribution in [0.5, 0.6) is 0 Å². The number of hydrogen-bond donors (Lipinski definition) is 1. The van der Waals surface area contributed by atoms with Crippen LogP contribution in [0.3, 0.4) is 0 Å². The van der Waals surface area contributed by atoms with Crippen LogP contribution in [0.4, 0.5) is 0 Å². The van der Waals surface area contributed by atoms with Gasteiger partial charge in [-0.2, -0.15) is 0 Å². The summed E-state index contributed by atoms with van der Waals surface area (Å²) >= 11 is 0. The van der Waals surface area contributed by atoms with Gasteiger partial charge in [0.15, 0.2) is 5.76 Å². The van der Waals surface area contributed by atoms with E-state index in [2.05, 4.69) is 10.1 Å². The number of hydrogen-bond acceptors (Lipinski definition) is 6. The second-order valence-electron chi connectivity index (χ2n) is 5.32. The molecule has 7 nitrogen and oxygen atoms in total. The molecule has 0 amide bonds. The van der Waals surface area contributed by atoms with Gasteiger partial charge < -0.3 is 18.7 Å². The lowest BCUT2D eigenvalue weighted by Gasteiger charge is -2.00. The summed E-state index contributed by atoms with van der Waals surface area (Å²) in [4.78, 5) is 25.9. The fourth-order valence-corrected chi connectivity index (χ4v) is 2.40. The molecule has 0 saturated heterocycles. The fraction of sp³-hybridized carbons (Fsp3) is 0.0556. The Kier molecular flexibility index (Phi) is 3.66. The van der Waals surface area contributed by atoms with Crippen molar-refractivity contribution >= 4 is 16.9 Å². The molecule has 0 spiro atoms. The lowest BCUT2D eigenvalue weighted by molar-refractivity contribution is 0.0462. The number of ether oxygens (including phenoxy) is 1. The third-order valence-electron chi connectivity index (χ3n) is 3.62. The van der Waals surface area contributed by atoms with E-state index in [4.69, 9.17) is 13.7 Å². The molecular weight excluding hydrogens is 324 g/mol. The summed E-state index contributed by atoms with van der Waals surface area (Å²) in [5.74, 6) is 0.237. The number of fused-ring (bicyclic) bond motifs is 1. The number of benzene rings is 1. The molecule has 0 aliphatic carbocycles. The van der Waals surface area contributed by atoms with Gasteiger partial charge in [0.1, 0.15) is 23.4 Å². The Morgan fingerprint density at radius 2 is 2.00 bits per heavy atom. The van der Waals surface area contributed by atoms with Crippen molar-refractivity contribution in [3.63, 3.8) is 0 Å². The molecule has 1 aromatic carbocycles. The molecule has 0 atom stereocenters. The summed E-state index contributed by atoms with van der Waals surface area (Å²) < 4.78 is 16.0. The van der Waals surface area contributed by atoms with Gasteiger partial charge in [-0.3, -0.25) is 4.79 Å². The topological polar surface area (TPSA) is 98.3 Å². The Morgan fingerprint density at radius 3 is 2.84 bits per heavy atom. The van der Waals surface area contributed by atoms with E-state index in [0.29, 0.717) is 17.2 Å². The van der Waals surface area contributed by atoms with E-state index >= 15 is 0 Å². The summed E-state index contributed by atoms with van der Waals surface area (Å²) in [6.45, 7) is -0.114. The van der Waals surface area contributed by atoms with Gasteiger partial charge in [0, 0.05) is 17.6 Å². The molecule has 4 aromatic rings. The summed E-state index contributed by atoms with van der Waals surface area (Å²) in [5, 5.41) is 4.80. The van der Waals surface area contributed by atoms with Gasteiger partial charge in [0.05, 0.1) is 0 Å². The van der Waals surface area contributed by atoms with Crippen molar-refractivity contribution in [3.05, 3.63) is 76.3 Å². The van der Waals surface area contributed by atoms with Crippen molar-refractivity contribution in [2.24, 2.45) is 0 Å². The lowest BCUT2D eigenvalue weighted by atomic mass is 10.2. The maximum atomic E-state index is 11.9. The first kappa shape index (κ1) is 14.9. The minimum absolute atomic E-state index is 0.0662. The molecule has 124 valence electrons. The van der Waals surface area contributed by atoms with E-state index in [0.717, 1.165) is 11.0 Å². The molecule has 0 aliphatic rings. The molecular formula is C18H12N2O5. The average Bonchev–Trinajstić information content (AvgIpc) is 3.26. The Balaban J connectivity index is 1.49. The first-order valence-corrected chi connectivity index (χ1v) is 7.50. The Labute approximate surface area is 140 Å². The van der Waals surface area contributed by atoms with Crippen LogP contribution in [0.1, 0.15) is 16.1 Å². The Hall–Kier alpha value is -3.61. The first-order chi connectivity index (χ1) is 12.2. The minimum atomic E-state index is -0.727. The number of furan rings is 1. The quantitative estimate of drug-likeness (QED) is 0.575. The number of esters is 1. The van der Waals surface area contributed by atoms with Gasteiger partial charge in [0.25, 0.3) is 5.56 Å². The molecule has 3 heterocycles. The monoisotopic (exact) mass is 336 g/mol. The minimum Gasteiger partial charge on any atom is -0.455 e. The first-order valence-electron chi connectivity index (χ1n) is 7.50. The van der Waals surface area contributed by atoms with E-state index in [1.807, 2.05) is 30.3 Å². The highest BCUT2D eigenvalue weighted by Gasteiger charge is 2.15. The van der Waals surface area contributed by atoms with Gasteiger partial charge in [-0.05, 0) is 24.3 Å². The Bertz CT molecular complexity index is 1070. The zero-order chi connectivity index (χ0) is 17.2. The van der Waals surface area contributed by atoms with Crippen LogP contribution in [-0.2, 0) is 11.3 Å². The molecule has 0 unspecified atom stereocenters. The van der Waals surface area contributed by atoms with Crippen molar-refractivity contribution in [2.45, 2.75) is 6.61 Å². The van der Waals surface area contributed by atoms with Crippen LogP contribution in [0.2, 0.25) is 0 Å². The predicted molar refractivity (Wildman–Crippen MR) is 87.9 cm³/mol. The van der Waals surface area contributed by atoms with Gasteiger partial charge in [-0.1, -0.05) is 23.4 Å². The van der Waals surface area contributed by atoms with Gasteiger partial charge in [-0.15, -0.1) is 0 Å². The second-order valence-corrected chi connectivity index (χ2v) is 5.32. The number of pyridine rings is 1. The van der Waals surface area contributed by atoms with Gasteiger partial charge in [0.2, 0.25) is 5.76 Å². The number of carbonyl (C=O) groups is 1. The smallest absolute Gasteiger partial charge is 0.344 e.